The molecule has 0 aliphatic rings. The molecule has 2 atom stereocenters. The van der Waals surface area contributed by atoms with E-state index in [1.807, 2.05) is 0 Å². The van der Waals surface area contributed by atoms with Crippen LogP contribution in [0.2, 0.25) is 0 Å². The van der Waals surface area contributed by atoms with Crippen LogP contribution in [0, 0.1) is 6.92 Å². The average Bonchev–Trinajstić information content (AvgIpc) is 2.37. The van der Waals surface area contributed by atoms with Gasteiger partial charge < -0.3 is 10.1 Å². The fraction of sp³-hybridized carbons (Fsp3) is 0.684. The second-order valence-electron chi connectivity index (χ2n) is 7.25. The fourth-order valence-electron chi connectivity index (χ4n) is 2.48. The molecule has 0 spiro atoms. The number of ether oxygens (including phenoxy) is 1. The van der Waals surface area contributed by atoms with Crippen molar-refractivity contribution in [2.24, 2.45) is 0 Å². The highest BCUT2D eigenvalue weighted by Crippen LogP contribution is 2.28. The Labute approximate surface area is 131 Å². The van der Waals surface area contributed by atoms with Crippen LogP contribution in [0.3, 0.4) is 0 Å². The maximum absolute atomic E-state index is 6.12. The second kappa shape index (κ2) is 7.84. The van der Waals surface area contributed by atoms with Crippen molar-refractivity contribution in [3.8, 4) is 5.75 Å². The molecule has 0 heterocycles. The van der Waals surface area contributed by atoms with Crippen molar-refractivity contribution in [3.05, 3.63) is 29.3 Å². The molecule has 2 unspecified atom stereocenters. The molecule has 2 nitrogen and oxygen atoms in total. The van der Waals surface area contributed by atoms with Gasteiger partial charge in [0.25, 0.3) is 0 Å². The molecular formula is C19H33NO. The highest BCUT2D eigenvalue weighted by molar-refractivity contribution is 5.38. The molecule has 0 bridgehead atoms. The first kappa shape index (κ1) is 18.0. The minimum absolute atomic E-state index is 0.188. The van der Waals surface area contributed by atoms with Crippen LogP contribution >= 0.6 is 0 Å². The van der Waals surface area contributed by atoms with Gasteiger partial charge in [-0.1, -0.05) is 39.8 Å². The quantitative estimate of drug-likeness (QED) is 0.776. The van der Waals surface area contributed by atoms with E-state index in [1.165, 1.54) is 17.5 Å². The lowest BCUT2D eigenvalue weighted by Gasteiger charge is -2.23. The zero-order valence-corrected chi connectivity index (χ0v) is 14.9. The fourth-order valence-corrected chi connectivity index (χ4v) is 2.48. The van der Waals surface area contributed by atoms with Crippen LogP contribution in [0.25, 0.3) is 0 Å². The minimum Gasteiger partial charge on any atom is -0.490 e. The molecule has 0 saturated carbocycles. The van der Waals surface area contributed by atoms with Gasteiger partial charge in [0, 0.05) is 6.04 Å². The Kier molecular flexibility index (Phi) is 6.73. The maximum Gasteiger partial charge on any atom is 0.122 e. The number of hydrogen-bond donors (Lipinski definition) is 1. The van der Waals surface area contributed by atoms with E-state index in [1.54, 1.807) is 0 Å². The Morgan fingerprint density at radius 2 is 1.86 bits per heavy atom. The Hall–Kier alpha value is -1.02. The lowest BCUT2D eigenvalue weighted by molar-refractivity contribution is 0.194. The van der Waals surface area contributed by atoms with Crippen molar-refractivity contribution in [1.82, 2.24) is 5.32 Å². The number of rotatable bonds is 7. The standard InChI is InChI=1S/C19H33NO/c1-8-11-20-15(3)13-16(4)21-18-10-9-17(12-14(18)2)19(5,6)7/h9-10,12,15-16,20H,8,11,13H2,1-7H3. The van der Waals surface area contributed by atoms with E-state index in [4.69, 9.17) is 4.74 Å². The molecule has 120 valence electrons. The van der Waals surface area contributed by atoms with E-state index in [-0.39, 0.29) is 11.5 Å². The van der Waals surface area contributed by atoms with Crippen molar-refractivity contribution >= 4 is 0 Å². The largest absolute Gasteiger partial charge is 0.490 e. The van der Waals surface area contributed by atoms with Crippen LogP contribution in [0.1, 0.15) is 65.5 Å². The highest BCUT2D eigenvalue weighted by atomic mass is 16.5. The Morgan fingerprint density at radius 1 is 1.19 bits per heavy atom. The van der Waals surface area contributed by atoms with E-state index in [2.05, 4.69) is 72.0 Å². The smallest absolute Gasteiger partial charge is 0.122 e. The number of aryl methyl sites for hydroxylation is 1. The van der Waals surface area contributed by atoms with Gasteiger partial charge in [-0.2, -0.15) is 0 Å². The lowest BCUT2D eigenvalue weighted by Crippen LogP contribution is -2.31. The first-order valence-corrected chi connectivity index (χ1v) is 8.25. The van der Waals surface area contributed by atoms with E-state index in [0.29, 0.717) is 6.04 Å². The predicted octanol–water partition coefficient (Wildman–Crippen LogP) is 4.84. The van der Waals surface area contributed by atoms with Gasteiger partial charge in [-0.3, -0.25) is 0 Å². The summed E-state index contributed by atoms with van der Waals surface area (Å²) >= 11 is 0. The summed E-state index contributed by atoms with van der Waals surface area (Å²) in [5.74, 6) is 1.01. The first-order chi connectivity index (χ1) is 9.74. The van der Waals surface area contributed by atoms with Gasteiger partial charge in [-0.25, -0.2) is 0 Å². The Morgan fingerprint density at radius 3 is 2.38 bits per heavy atom. The zero-order chi connectivity index (χ0) is 16.0. The minimum atomic E-state index is 0.188. The molecule has 0 amide bonds. The van der Waals surface area contributed by atoms with E-state index < -0.39 is 0 Å². The molecular weight excluding hydrogens is 258 g/mol. The molecule has 0 radical (unpaired) electrons. The van der Waals surface area contributed by atoms with Gasteiger partial charge in [0.15, 0.2) is 0 Å². The average molecular weight is 291 g/mol. The van der Waals surface area contributed by atoms with Gasteiger partial charge in [0.1, 0.15) is 5.75 Å². The summed E-state index contributed by atoms with van der Waals surface area (Å²) in [4.78, 5) is 0. The number of benzene rings is 1. The lowest BCUT2D eigenvalue weighted by atomic mass is 9.86. The van der Waals surface area contributed by atoms with Crippen LogP contribution in [-0.2, 0) is 5.41 Å². The molecule has 0 aromatic heterocycles. The van der Waals surface area contributed by atoms with Gasteiger partial charge in [-0.15, -0.1) is 0 Å². The third-order valence-electron chi connectivity index (χ3n) is 3.80. The second-order valence-corrected chi connectivity index (χ2v) is 7.25. The summed E-state index contributed by atoms with van der Waals surface area (Å²) in [5, 5.41) is 3.51. The van der Waals surface area contributed by atoms with Crippen molar-refractivity contribution in [2.45, 2.75) is 78.9 Å². The van der Waals surface area contributed by atoms with Crippen molar-refractivity contribution in [1.29, 1.82) is 0 Å². The van der Waals surface area contributed by atoms with Crippen molar-refractivity contribution in [2.75, 3.05) is 6.54 Å². The SMILES string of the molecule is CCCNC(C)CC(C)Oc1ccc(C(C)(C)C)cc1C. The summed E-state index contributed by atoms with van der Waals surface area (Å²) in [6.45, 7) is 16.5. The predicted molar refractivity (Wildman–Crippen MR) is 92.3 cm³/mol. The summed E-state index contributed by atoms with van der Waals surface area (Å²) < 4.78 is 6.12. The van der Waals surface area contributed by atoms with Crippen LogP contribution in [-0.4, -0.2) is 18.7 Å². The Bertz CT molecular complexity index is 434. The van der Waals surface area contributed by atoms with Gasteiger partial charge >= 0.3 is 0 Å². The van der Waals surface area contributed by atoms with Crippen LogP contribution in [0.4, 0.5) is 0 Å². The van der Waals surface area contributed by atoms with E-state index in [0.717, 1.165) is 18.7 Å². The van der Waals surface area contributed by atoms with Crippen molar-refractivity contribution in [3.63, 3.8) is 0 Å². The van der Waals surface area contributed by atoms with E-state index >= 15 is 0 Å². The summed E-state index contributed by atoms with van der Waals surface area (Å²) in [5.41, 5.74) is 2.77. The number of hydrogen-bond acceptors (Lipinski definition) is 2. The topological polar surface area (TPSA) is 21.3 Å². The molecule has 0 saturated heterocycles. The normalized spacial score (nSPS) is 14.8. The molecule has 0 fully saturated rings. The highest BCUT2D eigenvalue weighted by Gasteiger charge is 2.16. The Balaban J connectivity index is 2.62. The monoisotopic (exact) mass is 291 g/mol. The van der Waals surface area contributed by atoms with Crippen molar-refractivity contribution < 1.29 is 4.74 Å². The molecule has 0 aliphatic carbocycles. The molecule has 1 rings (SSSR count). The van der Waals surface area contributed by atoms with Gasteiger partial charge in [0.2, 0.25) is 0 Å². The summed E-state index contributed by atoms with van der Waals surface area (Å²) in [6.07, 6.45) is 2.43. The molecule has 2 heteroatoms. The zero-order valence-electron chi connectivity index (χ0n) is 14.9. The van der Waals surface area contributed by atoms with Crippen LogP contribution in [0.15, 0.2) is 18.2 Å². The first-order valence-electron chi connectivity index (χ1n) is 8.25. The van der Waals surface area contributed by atoms with Crippen LogP contribution < -0.4 is 10.1 Å². The molecule has 1 N–H and O–H groups in total. The summed E-state index contributed by atoms with van der Waals surface area (Å²) in [6, 6.07) is 7.06. The van der Waals surface area contributed by atoms with E-state index in [9.17, 15) is 0 Å². The van der Waals surface area contributed by atoms with Crippen LogP contribution in [0.5, 0.6) is 5.75 Å². The molecule has 1 aromatic carbocycles. The number of nitrogens with one attached hydrogen (secondary N) is 1. The molecule has 0 aliphatic heterocycles. The maximum atomic E-state index is 6.12. The van der Waals surface area contributed by atoms with Gasteiger partial charge in [0.05, 0.1) is 6.10 Å². The third-order valence-corrected chi connectivity index (χ3v) is 3.80. The molecule has 21 heavy (non-hydrogen) atoms. The molecule has 1 aromatic rings. The summed E-state index contributed by atoms with van der Waals surface area (Å²) in [7, 11) is 0. The van der Waals surface area contributed by atoms with Gasteiger partial charge in [-0.05, 0) is 62.8 Å². The third kappa shape index (κ3) is 6.09.